The molecule has 1 saturated carbocycles. The lowest BCUT2D eigenvalue weighted by Crippen LogP contribution is -2.47. The molecule has 1 saturated heterocycles. The summed E-state index contributed by atoms with van der Waals surface area (Å²) >= 11 is 0. The molecule has 4 aromatic rings. The fourth-order valence-corrected chi connectivity index (χ4v) is 5.72. The summed E-state index contributed by atoms with van der Waals surface area (Å²) in [6.07, 6.45) is 6.56. The Balaban J connectivity index is 1.42. The molecule has 2 atom stereocenters. The summed E-state index contributed by atoms with van der Waals surface area (Å²) in [6, 6.07) is 12.1. The molecule has 0 spiro atoms. The van der Waals surface area contributed by atoms with Crippen LogP contribution >= 0.6 is 0 Å². The van der Waals surface area contributed by atoms with Crippen LogP contribution in [0.3, 0.4) is 0 Å². The van der Waals surface area contributed by atoms with Gasteiger partial charge in [0.25, 0.3) is 5.56 Å². The zero-order valence-corrected chi connectivity index (χ0v) is 19.5. The van der Waals surface area contributed by atoms with E-state index in [1.807, 2.05) is 36.1 Å². The molecule has 0 radical (unpaired) electrons. The topological polar surface area (TPSA) is 79.4 Å². The number of benzene rings is 2. The number of hydrogen-bond donors (Lipinski definition) is 1. The van der Waals surface area contributed by atoms with Crippen molar-refractivity contribution in [3.8, 4) is 0 Å². The smallest absolute Gasteiger partial charge is 0.261 e. The summed E-state index contributed by atoms with van der Waals surface area (Å²) in [6.45, 7) is 3.49. The molecule has 0 unspecified atom stereocenters. The molecule has 8 nitrogen and oxygen atoms in total. The van der Waals surface area contributed by atoms with Gasteiger partial charge < -0.3 is 14.9 Å². The van der Waals surface area contributed by atoms with Gasteiger partial charge in [-0.25, -0.2) is 4.98 Å². The molecule has 2 aliphatic rings. The number of anilines is 2. The summed E-state index contributed by atoms with van der Waals surface area (Å²) < 4.78 is 3.58. The van der Waals surface area contributed by atoms with Gasteiger partial charge in [-0.3, -0.25) is 14.0 Å². The third kappa shape index (κ3) is 3.44. The summed E-state index contributed by atoms with van der Waals surface area (Å²) in [7, 11) is 1.97. The fraction of sp³-hybridized carbons (Fsp3) is 0.423. The number of aliphatic hydroxyl groups is 1. The maximum absolute atomic E-state index is 13.7. The van der Waals surface area contributed by atoms with Gasteiger partial charge in [-0.1, -0.05) is 37.1 Å². The number of aromatic nitrogens is 4. The number of rotatable bonds is 3. The monoisotopic (exact) mass is 458 g/mol. The highest BCUT2D eigenvalue weighted by Gasteiger charge is 2.27. The van der Waals surface area contributed by atoms with Crippen LogP contribution in [0.25, 0.3) is 21.7 Å². The highest BCUT2D eigenvalue weighted by Crippen LogP contribution is 2.34. The van der Waals surface area contributed by atoms with Crippen molar-refractivity contribution in [2.75, 3.05) is 36.0 Å². The van der Waals surface area contributed by atoms with Gasteiger partial charge in [-0.2, -0.15) is 5.10 Å². The van der Waals surface area contributed by atoms with E-state index in [-0.39, 0.29) is 11.6 Å². The van der Waals surface area contributed by atoms with Crippen molar-refractivity contribution in [2.45, 2.75) is 37.8 Å². The van der Waals surface area contributed by atoms with Crippen molar-refractivity contribution >= 4 is 33.2 Å². The normalized spacial score (nSPS) is 21.5. The molecule has 0 amide bonds. The fourth-order valence-electron chi connectivity index (χ4n) is 5.72. The van der Waals surface area contributed by atoms with Crippen LogP contribution < -0.4 is 15.4 Å². The van der Waals surface area contributed by atoms with E-state index in [1.165, 1.54) is 0 Å². The van der Waals surface area contributed by atoms with Gasteiger partial charge in [0.15, 0.2) is 0 Å². The average molecular weight is 459 g/mol. The van der Waals surface area contributed by atoms with Gasteiger partial charge in [0.05, 0.1) is 35.6 Å². The quantitative estimate of drug-likeness (QED) is 0.476. The van der Waals surface area contributed by atoms with Crippen molar-refractivity contribution in [3.05, 3.63) is 59.3 Å². The molecule has 176 valence electrons. The predicted octanol–water partition coefficient (Wildman–Crippen LogP) is 3.09. The van der Waals surface area contributed by atoms with E-state index in [4.69, 9.17) is 4.98 Å². The SMILES string of the molecule is Cn1nccc1N1CCN(c2cc3c(=O)n([C@H]4CCCC[C@@H]4O)cnc3c3ccccc23)CC1. The lowest BCUT2D eigenvalue weighted by atomic mass is 9.92. The molecule has 1 N–H and O–H groups in total. The summed E-state index contributed by atoms with van der Waals surface area (Å²) in [5.41, 5.74) is 1.75. The van der Waals surface area contributed by atoms with E-state index in [2.05, 4.69) is 33.1 Å². The van der Waals surface area contributed by atoms with E-state index in [0.717, 1.165) is 79.7 Å². The van der Waals surface area contributed by atoms with E-state index >= 15 is 0 Å². The van der Waals surface area contributed by atoms with Gasteiger partial charge in [0.2, 0.25) is 0 Å². The van der Waals surface area contributed by atoms with Gasteiger partial charge >= 0.3 is 0 Å². The maximum atomic E-state index is 13.7. The van der Waals surface area contributed by atoms with Crippen LogP contribution in [0.15, 0.2) is 53.7 Å². The average Bonchev–Trinajstić information content (AvgIpc) is 3.30. The van der Waals surface area contributed by atoms with Crippen molar-refractivity contribution in [3.63, 3.8) is 0 Å². The Morgan fingerprint density at radius 3 is 2.41 bits per heavy atom. The molecule has 0 bridgehead atoms. The first-order valence-electron chi connectivity index (χ1n) is 12.2. The lowest BCUT2D eigenvalue weighted by Gasteiger charge is -2.37. The second kappa shape index (κ2) is 8.43. The zero-order chi connectivity index (χ0) is 23.2. The van der Waals surface area contributed by atoms with E-state index in [1.54, 1.807) is 10.9 Å². The second-order valence-electron chi connectivity index (χ2n) is 9.50. The first-order chi connectivity index (χ1) is 16.6. The molecule has 2 aromatic heterocycles. The number of fused-ring (bicyclic) bond motifs is 3. The van der Waals surface area contributed by atoms with Crippen LogP contribution in [-0.4, -0.2) is 56.7 Å². The van der Waals surface area contributed by atoms with Crippen molar-refractivity contribution in [1.82, 2.24) is 19.3 Å². The molecule has 1 aliphatic carbocycles. The van der Waals surface area contributed by atoms with Crippen LogP contribution in [0.5, 0.6) is 0 Å². The Hall–Kier alpha value is -3.39. The third-order valence-electron chi connectivity index (χ3n) is 7.56. The van der Waals surface area contributed by atoms with Crippen LogP contribution in [0, 0.1) is 0 Å². The van der Waals surface area contributed by atoms with E-state index < -0.39 is 6.10 Å². The molecular weight excluding hydrogens is 428 g/mol. The van der Waals surface area contributed by atoms with E-state index in [0.29, 0.717) is 5.39 Å². The predicted molar refractivity (Wildman–Crippen MR) is 135 cm³/mol. The van der Waals surface area contributed by atoms with Gasteiger partial charge in [0.1, 0.15) is 5.82 Å². The first kappa shape index (κ1) is 21.2. The number of piperazine rings is 1. The molecule has 2 fully saturated rings. The van der Waals surface area contributed by atoms with Gasteiger partial charge in [-0.05, 0) is 18.9 Å². The molecule has 8 heteroatoms. The number of nitrogens with zero attached hydrogens (tertiary/aromatic N) is 6. The summed E-state index contributed by atoms with van der Waals surface area (Å²) in [5, 5.41) is 17.6. The molecular formula is C26H30N6O2. The molecule has 2 aromatic carbocycles. The highest BCUT2D eigenvalue weighted by atomic mass is 16.3. The minimum absolute atomic E-state index is 0.0588. The number of hydrogen-bond acceptors (Lipinski definition) is 6. The number of aryl methyl sites for hydroxylation is 1. The molecule has 1 aliphatic heterocycles. The van der Waals surface area contributed by atoms with Crippen molar-refractivity contribution in [2.24, 2.45) is 7.05 Å². The Kier molecular flexibility index (Phi) is 5.25. The zero-order valence-electron chi connectivity index (χ0n) is 19.5. The van der Waals surface area contributed by atoms with Gasteiger partial charge in [0, 0.05) is 55.8 Å². The van der Waals surface area contributed by atoms with Crippen LogP contribution in [-0.2, 0) is 7.05 Å². The Labute approximate surface area is 198 Å². The Morgan fingerprint density at radius 1 is 0.941 bits per heavy atom. The maximum Gasteiger partial charge on any atom is 0.261 e. The third-order valence-corrected chi connectivity index (χ3v) is 7.56. The minimum Gasteiger partial charge on any atom is -0.391 e. The largest absolute Gasteiger partial charge is 0.391 e. The van der Waals surface area contributed by atoms with Crippen LogP contribution in [0.2, 0.25) is 0 Å². The van der Waals surface area contributed by atoms with E-state index in [9.17, 15) is 9.90 Å². The molecule has 3 heterocycles. The van der Waals surface area contributed by atoms with Crippen LogP contribution in [0.4, 0.5) is 11.5 Å². The first-order valence-corrected chi connectivity index (χ1v) is 12.2. The summed E-state index contributed by atoms with van der Waals surface area (Å²) in [5.74, 6) is 1.13. The Morgan fingerprint density at radius 2 is 1.68 bits per heavy atom. The standard InChI is InChI=1S/C26H30N6O2/c1-29-24(10-11-28-29)31-14-12-30(13-15-31)22-16-20-25(19-7-3-2-6-18(19)22)27-17-32(26(20)34)21-8-4-5-9-23(21)33/h2-3,6-7,10-11,16-17,21,23,33H,4-5,8-9,12-15H2,1H3/t21-,23-/m0/s1. The van der Waals surface area contributed by atoms with Crippen LogP contribution in [0.1, 0.15) is 31.7 Å². The molecule has 34 heavy (non-hydrogen) atoms. The van der Waals surface area contributed by atoms with Gasteiger partial charge in [-0.15, -0.1) is 0 Å². The van der Waals surface area contributed by atoms with Crippen molar-refractivity contribution < 1.29 is 5.11 Å². The lowest BCUT2D eigenvalue weighted by molar-refractivity contribution is 0.0735. The highest BCUT2D eigenvalue weighted by molar-refractivity contribution is 6.11. The molecule has 6 rings (SSSR count). The van der Waals surface area contributed by atoms with Crippen molar-refractivity contribution in [1.29, 1.82) is 0 Å². The Bertz CT molecular complexity index is 1400. The second-order valence-corrected chi connectivity index (χ2v) is 9.50. The minimum atomic E-state index is -0.495. The summed E-state index contributed by atoms with van der Waals surface area (Å²) in [4.78, 5) is 23.1. The number of aliphatic hydroxyl groups excluding tert-OH is 1.